The van der Waals surface area contributed by atoms with E-state index in [1.54, 1.807) is 0 Å². The maximum Gasteiger partial charge on any atom is 0.249 e. The maximum absolute atomic E-state index is 12.3. The number of carbonyl (C=O) groups is 1. The Balaban J connectivity index is 1.83. The Morgan fingerprint density at radius 1 is 1.38 bits per heavy atom. The van der Waals surface area contributed by atoms with Gasteiger partial charge in [-0.25, -0.2) is 4.98 Å². The molecule has 3 rings (SSSR count). The van der Waals surface area contributed by atoms with Crippen molar-refractivity contribution in [1.29, 1.82) is 0 Å². The number of aryl methyl sites for hydroxylation is 1. The van der Waals surface area contributed by atoms with Crippen LogP contribution in [0.2, 0.25) is 0 Å². The molecule has 24 heavy (non-hydrogen) atoms. The standard InChI is InChI=1S/C19H27N3O2/c1-13(2)10-11-22-16-8-5-4-7-15(16)21-18(22)14(3)20-19(23)17-9-6-12-24-17/h4-5,7-8,13-14,17H,6,9-12H2,1-3H3,(H,20,23). The summed E-state index contributed by atoms with van der Waals surface area (Å²) in [5, 5.41) is 3.08. The first-order valence-corrected chi connectivity index (χ1v) is 8.93. The van der Waals surface area contributed by atoms with Gasteiger partial charge in [-0.1, -0.05) is 26.0 Å². The molecule has 0 radical (unpaired) electrons. The van der Waals surface area contributed by atoms with Crippen LogP contribution in [0.1, 0.15) is 51.9 Å². The van der Waals surface area contributed by atoms with Crippen molar-refractivity contribution in [3.05, 3.63) is 30.1 Å². The summed E-state index contributed by atoms with van der Waals surface area (Å²) in [5.41, 5.74) is 2.11. The fourth-order valence-corrected chi connectivity index (χ4v) is 3.20. The molecule has 1 aliphatic rings. The van der Waals surface area contributed by atoms with Crippen LogP contribution >= 0.6 is 0 Å². The van der Waals surface area contributed by atoms with Gasteiger partial charge in [-0.3, -0.25) is 4.79 Å². The van der Waals surface area contributed by atoms with Crippen molar-refractivity contribution in [1.82, 2.24) is 14.9 Å². The highest BCUT2D eigenvalue weighted by Gasteiger charge is 2.26. The predicted octanol–water partition coefficient (Wildman–Crippen LogP) is 3.44. The highest BCUT2D eigenvalue weighted by molar-refractivity contribution is 5.81. The zero-order chi connectivity index (χ0) is 17.1. The fraction of sp³-hybridized carbons (Fsp3) is 0.579. The number of fused-ring (bicyclic) bond motifs is 1. The van der Waals surface area contributed by atoms with Crippen LogP contribution in [0.4, 0.5) is 0 Å². The smallest absolute Gasteiger partial charge is 0.249 e. The van der Waals surface area contributed by atoms with Gasteiger partial charge in [-0.05, 0) is 44.2 Å². The third-order valence-corrected chi connectivity index (χ3v) is 4.58. The molecule has 1 fully saturated rings. The van der Waals surface area contributed by atoms with E-state index < -0.39 is 0 Å². The zero-order valence-electron chi connectivity index (χ0n) is 14.8. The lowest BCUT2D eigenvalue weighted by atomic mass is 10.1. The summed E-state index contributed by atoms with van der Waals surface area (Å²) in [6.07, 6.45) is 2.54. The second-order valence-electron chi connectivity index (χ2n) is 7.02. The molecule has 5 heteroatoms. The molecule has 2 unspecified atom stereocenters. The molecule has 1 amide bonds. The summed E-state index contributed by atoms with van der Waals surface area (Å²) >= 11 is 0. The molecule has 2 atom stereocenters. The first-order valence-electron chi connectivity index (χ1n) is 8.93. The highest BCUT2D eigenvalue weighted by atomic mass is 16.5. The third-order valence-electron chi connectivity index (χ3n) is 4.58. The SMILES string of the molecule is CC(C)CCn1c(C(C)NC(=O)C2CCCO2)nc2ccccc21. The van der Waals surface area contributed by atoms with Crippen LogP contribution in [0.15, 0.2) is 24.3 Å². The number of para-hydroxylation sites is 2. The number of carbonyl (C=O) groups excluding carboxylic acids is 1. The molecule has 0 spiro atoms. The summed E-state index contributed by atoms with van der Waals surface area (Å²) in [6, 6.07) is 8.03. The van der Waals surface area contributed by atoms with Crippen LogP contribution in [0, 0.1) is 5.92 Å². The first kappa shape index (κ1) is 17.0. The van der Waals surface area contributed by atoms with Crippen molar-refractivity contribution in [2.24, 2.45) is 5.92 Å². The second kappa shape index (κ2) is 7.34. The Hall–Kier alpha value is -1.88. The molecule has 0 bridgehead atoms. The minimum absolute atomic E-state index is 0.0255. The van der Waals surface area contributed by atoms with E-state index in [9.17, 15) is 4.79 Å². The van der Waals surface area contributed by atoms with Crippen molar-refractivity contribution in [2.45, 2.75) is 58.7 Å². The molecule has 130 valence electrons. The maximum atomic E-state index is 12.3. The Morgan fingerprint density at radius 2 is 2.17 bits per heavy atom. The van der Waals surface area contributed by atoms with E-state index in [1.165, 1.54) is 0 Å². The number of hydrogen-bond donors (Lipinski definition) is 1. The minimum Gasteiger partial charge on any atom is -0.368 e. The monoisotopic (exact) mass is 329 g/mol. The van der Waals surface area contributed by atoms with Gasteiger partial charge in [0.25, 0.3) is 0 Å². The van der Waals surface area contributed by atoms with Crippen LogP contribution in [-0.2, 0) is 16.1 Å². The fourth-order valence-electron chi connectivity index (χ4n) is 3.20. The molecule has 1 saturated heterocycles. The van der Waals surface area contributed by atoms with Crippen molar-refractivity contribution < 1.29 is 9.53 Å². The number of hydrogen-bond acceptors (Lipinski definition) is 3. The third kappa shape index (κ3) is 3.61. The second-order valence-corrected chi connectivity index (χ2v) is 7.02. The number of nitrogens with zero attached hydrogens (tertiary/aromatic N) is 2. The number of ether oxygens (including phenoxy) is 1. The largest absolute Gasteiger partial charge is 0.368 e. The number of aromatic nitrogens is 2. The summed E-state index contributed by atoms with van der Waals surface area (Å²) in [4.78, 5) is 17.1. The normalized spacial score (nSPS) is 19.1. The van der Waals surface area contributed by atoms with Crippen LogP contribution in [0.3, 0.4) is 0 Å². The quantitative estimate of drug-likeness (QED) is 0.883. The predicted molar refractivity (Wildman–Crippen MR) is 94.7 cm³/mol. The lowest BCUT2D eigenvalue weighted by Crippen LogP contribution is -2.36. The Bertz CT molecular complexity index is 702. The van der Waals surface area contributed by atoms with Gasteiger partial charge in [-0.2, -0.15) is 0 Å². The van der Waals surface area contributed by atoms with Gasteiger partial charge in [-0.15, -0.1) is 0 Å². The minimum atomic E-state index is -0.305. The van der Waals surface area contributed by atoms with Gasteiger partial charge in [0.1, 0.15) is 11.9 Å². The van der Waals surface area contributed by atoms with E-state index >= 15 is 0 Å². The summed E-state index contributed by atoms with van der Waals surface area (Å²) in [6.45, 7) is 8.04. The summed E-state index contributed by atoms with van der Waals surface area (Å²) in [5.74, 6) is 1.52. The van der Waals surface area contributed by atoms with E-state index in [2.05, 4.69) is 29.8 Å². The molecule has 0 saturated carbocycles. The number of imidazole rings is 1. The van der Waals surface area contributed by atoms with Crippen LogP contribution in [-0.4, -0.2) is 28.2 Å². The van der Waals surface area contributed by atoms with Gasteiger partial charge >= 0.3 is 0 Å². The first-order chi connectivity index (χ1) is 11.6. The van der Waals surface area contributed by atoms with Gasteiger partial charge in [0.15, 0.2) is 0 Å². The topological polar surface area (TPSA) is 56.2 Å². The molecule has 2 aromatic rings. The zero-order valence-corrected chi connectivity index (χ0v) is 14.8. The van der Waals surface area contributed by atoms with Crippen LogP contribution in [0.5, 0.6) is 0 Å². The average molecular weight is 329 g/mol. The van der Waals surface area contributed by atoms with E-state index in [4.69, 9.17) is 9.72 Å². The Labute approximate surface area is 143 Å². The molecule has 1 aromatic carbocycles. The highest BCUT2D eigenvalue weighted by Crippen LogP contribution is 2.23. The van der Waals surface area contributed by atoms with Crippen molar-refractivity contribution in [3.63, 3.8) is 0 Å². The van der Waals surface area contributed by atoms with Gasteiger partial charge in [0.05, 0.1) is 17.1 Å². The van der Waals surface area contributed by atoms with Gasteiger partial charge in [0.2, 0.25) is 5.91 Å². The van der Waals surface area contributed by atoms with Crippen molar-refractivity contribution >= 4 is 16.9 Å². The average Bonchev–Trinajstić information content (AvgIpc) is 3.20. The molecular weight excluding hydrogens is 302 g/mol. The van der Waals surface area contributed by atoms with E-state index in [0.29, 0.717) is 12.5 Å². The van der Waals surface area contributed by atoms with Crippen LogP contribution in [0.25, 0.3) is 11.0 Å². The number of benzene rings is 1. The van der Waals surface area contributed by atoms with E-state index in [0.717, 1.165) is 42.7 Å². The number of rotatable bonds is 6. The molecule has 1 aromatic heterocycles. The van der Waals surface area contributed by atoms with Crippen molar-refractivity contribution in [3.8, 4) is 0 Å². The lowest BCUT2D eigenvalue weighted by Gasteiger charge is -2.19. The molecule has 1 N–H and O–H groups in total. The molecule has 1 aliphatic heterocycles. The summed E-state index contributed by atoms with van der Waals surface area (Å²) in [7, 11) is 0. The Morgan fingerprint density at radius 3 is 2.88 bits per heavy atom. The van der Waals surface area contributed by atoms with Crippen LogP contribution < -0.4 is 5.32 Å². The number of nitrogens with one attached hydrogen (secondary N) is 1. The Kier molecular flexibility index (Phi) is 5.19. The number of amides is 1. The van der Waals surface area contributed by atoms with E-state index in [-0.39, 0.29) is 18.1 Å². The van der Waals surface area contributed by atoms with Gasteiger partial charge in [0, 0.05) is 13.2 Å². The van der Waals surface area contributed by atoms with Gasteiger partial charge < -0.3 is 14.6 Å². The van der Waals surface area contributed by atoms with E-state index in [1.807, 2.05) is 25.1 Å². The molecule has 5 nitrogen and oxygen atoms in total. The molecule has 2 heterocycles. The molecule has 0 aliphatic carbocycles. The summed E-state index contributed by atoms with van der Waals surface area (Å²) < 4.78 is 7.73. The van der Waals surface area contributed by atoms with Crippen molar-refractivity contribution in [2.75, 3.05) is 6.61 Å². The molecular formula is C19H27N3O2. The lowest BCUT2D eigenvalue weighted by molar-refractivity contribution is -0.130.